The fourth-order valence-corrected chi connectivity index (χ4v) is 7.69. The molecule has 0 spiro atoms. The summed E-state index contributed by atoms with van der Waals surface area (Å²) < 4.78 is 6.01. The number of carbonyl (C=O) groups excluding carboxylic acids is 2. The van der Waals surface area contributed by atoms with Crippen molar-refractivity contribution in [2.45, 2.75) is 44.1 Å². The number of piperidine rings is 2. The summed E-state index contributed by atoms with van der Waals surface area (Å²) in [5.41, 5.74) is 2.62. The zero-order chi connectivity index (χ0) is 26.4. The maximum atomic E-state index is 13.6. The molecule has 0 saturated carbocycles. The van der Waals surface area contributed by atoms with Gasteiger partial charge in [0.15, 0.2) is 0 Å². The van der Waals surface area contributed by atoms with E-state index in [4.69, 9.17) is 4.74 Å². The number of carbonyl (C=O) groups is 2. The third-order valence-corrected chi connectivity index (χ3v) is 9.53. The van der Waals surface area contributed by atoms with Crippen molar-refractivity contribution in [1.82, 2.24) is 20.9 Å². The number of hydrogen-bond acceptors (Lipinski definition) is 6. The largest absolute Gasteiger partial charge is 0.457 e. The summed E-state index contributed by atoms with van der Waals surface area (Å²) in [5, 5.41) is 10.1. The van der Waals surface area contributed by atoms with Gasteiger partial charge in [-0.1, -0.05) is 36.9 Å². The van der Waals surface area contributed by atoms with E-state index in [1.54, 1.807) is 11.8 Å². The molecule has 4 aliphatic heterocycles. The van der Waals surface area contributed by atoms with E-state index in [2.05, 4.69) is 34.8 Å². The van der Waals surface area contributed by atoms with Crippen molar-refractivity contribution in [3.8, 4) is 11.5 Å². The second kappa shape index (κ2) is 10.3. The van der Waals surface area contributed by atoms with E-state index < -0.39 is 0 Å². The number of amides is 3. The highest BCUT2D eigenvalue weighted by Crippen LogP contribution is 2.48. The van der Waals surface area contributed by atoms with E-state index in [-0.39, 0.29) is 35.3 Å². The molecule has 0 radical (unpaired) electrons. The first-order valence-corrected chi connectivity index (χ1v) is 14.3. The number of nitrogens with zero attached hydrogens (tertiary/aromatic N) is 2. The Hall–Kier alpha value is -3.01. The van der Waals surface area contributed by atoms with Crippen LogP contribution in [-0.2, 0) is 4.79 Å². The molecule has 0 bridgehead atoms. The van der Waals surface area contributed by atoms with Crippen LogP contribution in [0.5, 0.6) is 11.5 Å². The van der Waals surface area contributed by atoms with Gasteiger partial charge in [0, 0.05) is 29.9 Å². The van der Waals surface area contributed by atoms with Crippen molar-refractivity contribution in [3.05, 3.63) is 64.7 Å². The minimum absolute atomic E-state index is 0.0235. The smallest absolute Gasteiger partial charge is 0.326 e. The quantitative estimate of drug-likeness (QED) is 0.538. The van der Waals surface area contributed by atoms with Crippen LogP contribution in [0.2, 0.25) is 0 Å². The first-order chi connectivity index (χ1) is 18.4. The fraction of sp³-hybridized carbons (Fsp3) is 0.448. The fourth-order valence-electron chi connectivity index (χ4n) is 6.29. The Morgan fingerprint density at radius 2 is 1.95 bits per heavy atom. The van der Waals surface area contributed by atoms with Gasteiger partial charge in [0.05, 0.1) is 16.3 Å². The van der Waals surface area contributed by atoms with Crippen molar-refractivity contribution in [2.75, 3.05) is 31.6 Å². The van der Waals surface area contributed by atoms with Crippen LogP contribution in [0.1, 0.15) is 25.3 Å². The van der Waals surface area contributed by atoms with E-state index in [0.717, 1.165) is 60.9 Å². The van der Waals surface area contributed by atoms with Gasteiger partial charge in [-0.15, -0.1) is 0 Å². The molecule has 200 valence electrons. The van der Waals surface area contributed by atoms with Gasteiger partial charge in [-0.25, -0.2) is 4.79 Å². The van der Waals surface area contributed by atoms with Gasteiger partial charge in [0.25, 0.3) is 5.91 Å². The number of ether oxygens (including phenoxy) is 1. The Kier molecular flexibility index (Phi) is 6.84. The average molecular weight is 534 g/mol. The first-order valence-electron chi connectivity index (χ1n) is 13.5. The second-order valence-corrected chi connectivity index (χ2v) is 12.0. The molecule has 3 fully saturated rings. The normalized spacial score (nSPS) is 29.1. The highest BCUT2D eigenvalue weighted by atomic mass is 32.2. The molecule has 2 aromatic rings. The summed E-state index contributed by atoms with van der Waals surface area (Å²) in [4.78, 5) is 31.9. The topological polar surface area (TPSA) is 85.9 Å². The highest BCUT2D eigenvalue weighted by molar-refractivity contribution is 8.04. The number of nitrogens with one attached hydrogen (secondary N) is 3. The Labute approximate surface area is 228 Å². The van der Waals surface area contributed by atoms with Crippen molar-refractivity contribution in [3.63, 3.8) is 0 Å². The number of urea groups is 1. The van der Waals surface area contributed by atoms with Gasteiger partial charge in [0.2, 0.25) is 0 Å². The Bertz CT molecular complexity index is 1270. The molecule has 4 aliphatic rings. The van der Waals surface area contributed by atoms with Crippen LogP contribution >= 0.6 is 11.8 Å². The Morgan fingerprint density at radius 3 is 2.71 bits per heavy atom. The Morgan fingerprint density at radius 1 is 1.13 bits per heavy atom. The molecular formula is C29H35N5O3S. The van der Waals surface area contributed by atoms with Gasteiger partial charge in [0.1, 0.15) is 11.5 Å². The summed E-state index contributed by atoms with van der Waals surface area (Å²) in [6.07, 6.45) is 1.76. The number of para-hydroxylation sites is 1. The van der Waals surface area contributed by atoms with Gasteiger partial charge < -0.3 is 25.6 Å². The van der Waals surface area contributed by atoms with Crippen molar-refractivity contribution in [2.24, 2.45) is 11.8 Å². The van der Waals surface area contributed by atoms with Crippen LogP contribution in [0, 0.1) is 18.8 Å². The lowest BCUT2D eigenvalue weighted by Gasteiger charge is -2.46. The molecule has 9 heteroatoms. The molecule has 3 saturated heterocycles. The number of rotatable bonds is 5. The molecule has 3 N–H and O–H groups in total. The summed E-state index contributed by atoms with van der Waals surface area (Å²) in [5.74, 6) is 1.86. The number of aryl methyl sites for hydroxylation is 1. The number of benzene rings is 2. The van der Waals surface area contributed by atoms with Crippen LogP contribution in [-0.4, -0.2) is 61.0 Å². The lowest BCUT2D eigenvalue weighted by Crippen LogP contribution is -2.62. The van der Waals surface area contributed by atoms with Crippen molar-refractivity contribution < 1.29 is 14.3 Å². The summed E-state index contributed by atoms with van der Waals surface area (Å²) in [6.45, 7) is 6.94. The predicted molar refractivity (Wildman–Crippen MR) is 150 cm³/mol. The summed E-state index contributed by atoms with van der Waals surface area (Å²) in [7, 11) is 2.12. The lowest BCUT2D eigenvalue weighted by molar-refractivity contribution is -0.118. The molecule has 4 heterocycles. The number of thioether (sulfide) groups is 1. The lowest BCUT2D eigenvalue weighted by atomic mass is 9.86. The van der Waals surface area contributed by atoms with Gasteiger partial charge in [-0.05, 0) is 81.7 Å². The van der Waals surface area contributed by atoms with Crippen LogP contribution < -0.4 is 25.6 Å². The van der Waals surface area contributed by atoms with E-state index in [0.29, 0.717) is 10.8 Å². The second-order valence-electron chi connectivity index (χ2n) is 10.9. The molecule has 6 rings (SSSR count). The maximum absolute atomic E-state index is 13.6. The van der Waals surface area contributed by atoms with E-state index >= 15 is 0 Å². The van der Waals surface area contributed by atoms with Crippen LogP contribution in [0.15, 0.2) is 59.1 Å². The van der Waals surface area contributed by atoms with Crippen LogP contribution in [0.4, 0.5) is 10.5 Å². The maximum Gasteiger partial charge on any atom is 0.326 e. The van der Waals surface area contributed by atoms with Crippen molar-refractivity contribution >= 4 is 29.4 Å². The van der Waals surface area contributed by atoms with E-state index in [9.17, 15) is 9.59 Å². The molecule has 5 atom stereocenters. The molecule has 8 nitrogen and oxygen atoms in total. The minimum Gasteiger partial charge on any atom is -0.457 e. The molecule has 0 aromatic heterocycles. The zero-order valence-electron chi connectivity index (χ0n) is 22.1. The third-order valence-electron chi connectivity index (χ3n) is 8.18. The van der Waals surface area contributed by atoms with Gasteiger partial charge in [-0.3, -0.25) is 9.69 Å². The van der Waals surface area contributed by atoms with E-state index in [1.807, 2.05) is 60.4 Å². The average Bonchev–Trinajstić information content (AvgIpc) is 3.27. The van der Waals surface area contributed by atoms with Gasteiger partial charge >= 0.3 is 6.03 Å². The molecule has 38 heavy (non-hydrogen) atoms. The highest BCUT2D eigenvalue weighted by Gasteiger charge is 2.52. The SMILES string of the molecule is Cc1cc(Oc2ccccc2)ccc1N1C(=O)NC2=C(C(=O)NC3CCN(C)CC3C)SC3NCCC1C23. The zero-order valence-corrected chi connectivity index (χ0v) is 22.9. The van der Waals surface area contributed by atoms with Crippen molar-refractivity contribution in [1.29, 1.82) is 0 Å². The number of hydrogen-bond donors (Lipinski definition) is 3. The first kappa shape index (κ1) is 25.3. The molecule has 5 unspecified atom stereocenters. The van der Waals surface area contributed by atoms with Gasteiger partial charge in [-0.2, -0.15) is 0 Å². The standard InChI is InChI=1S/C29H35N5O3S/c1-17-15-20(37-19-7-5-4-6-8-19)9-10-22(17)34-23-11-13-30-28-24(23)25(32-29(34)36)26(38-28)27(35)31-21-12-14-33(3)16-18(21)2/h4-10,15,18,21,23-24,28,30H,11-14,16H2,1-3H3,(H,31,35)(H,32,36). The molecule has 2 aromatic carbocycles. The molecule has 0 aliphatic carbocycles. The monoisotopic (exact) mass is 533 g/mol. The molecular weight excluding hydrogens is 498 g/mol. The summed E-state index contributed by atoms with van der Waals surface area (Å²) >= 11 is 1.56. The van der Waals surface area contributed by atoms with E-state index in [1.165, 1.54) is 0 Å². The predicted octanol–water partition coefficient (Wildman–Crippen LogP) is 4.04. The summed E-state index contributed by atoms with van der Waals surface area (Å²) in [6, 6.07) is 15.5. The minimum atomic E-state index is -0.179. The van der Waals surface area contributed by atoms with Crippen LogP contribution in [0.3, 0.4) is 0 Å². The third kappa shape index (κ3) is 4.67. The Balaban J connectivity index is 1.24. The number of likely N-dealkylation sites (tertiary alicyclic amines) is 1. The number of anilines is 1. The molecule has 3 amide bonds. The van der Waals surface area contributed by atoms with Crippen LogP contribution in [0.25, 0.3) is 0 Å².